The number of amides is 1. The van der Waals surface area contributed by atoms with Crippen LogP contribution in [-0.4, -0.2) is 34.5 Å². The molecule has 8 heteroatoms. The number of benzene rings is 2. The zero-order valence-electron chi connectivity index (χ0n) is 15.0. The van der Waals surface area contributed by atoms with Crippen molar-refractivity contribution in [3.8, 4) is 11.5 Å². The van der Waals surface area contributed by atoms with Crippen molar-refractivity contribution in [1.29, 1.82) is 0 Å². The summed E-state index contributed by atoms with van der Waals surface area (Å²) in [6.45, 7) is 1.75. The van der Waals surface area contributed by atoms with Gasteiger partial charge >= 0.3 is 5.97 Å². The number of para-hydroxylation sites is 1. The Morgan fingerprint density at radius 1 is 1.18 bits per heavy atom. The average molecular weight is 415 g/mol. The van der Waals surface area contributed by atoms with Crippen LogP contribution in [0, 0.1) is 0 Å². The lowest BCUT2D eigenvalue weighted by Crippen LogP contribution is -2.27. The minimum Gasteiger partial charge on any atom is -0.490 e. The molecule has 0 radical (unpaired) electrons. The van der Waals surface area contributed by atoms with Crippen molar-refractivity contribution in [3.05, 3.63) is 59.0 Å². The summed E-state index contributed by atoms with van der Waals surface area (Å²) in [6, 6.07) is 14.3. The lowest BCUT2D eigenvalue weighted by atomic mass is 10.1. The van der Waals surface area contributed by atoms with Crippen LogP contribution < -0.4 is 14.4 Å². The van der Waals surface area contributed by atoms with Crippen LogP contribution in [0.1, 0.15) is 12.5 Å². The van der Waals surface area contributed by atoms with Gasteiger partial charge in [-0.15, -0.1) is 0 Å². The molecule has 1 saturated heterocycles. The molecule has 0 aromatic heterocycles. The number of hydrogen-bond acceptors (Lipinski definition) is 6. The second-order valence-electron chi connectivity index (χ2n) is 5.67. The molecule has 1 amide bonds. The third kappa shape index (κ3) is 4.52. The number of rotatable bonds is 7. The molecular weight excluding hydrogens is 398 g/mol. The summed E-state index contributed by atoms with van der Waals surface area (Å²) in [7, 11) is 0. The highest BCUT2D eigenvalue weighted by molar-refractivity contribution is 8.27. The predicted molar refractivity (Wildman–Crippen MR) is 113 cm³/mol. The van der Waals surface area contributed by atoms with Gasteiger partial charge in [0.05, 0.1) is 17.2 Å². The van der Waals surface area contributed by atoms with Crippen molar-refractivity contribution in [2.45, 2.75) is 6.92 Å². The standard InChI is InChI=1S/C20H17NO5S2/c1-2-25-16-10-13(8-9-15(16)26-12-18(22)23)11-17-19(24)21(20(27)28-17)14-6-4-3-5-7-14/h3-11H,2,12H2,1H3,(H,22,23)/b17-11-. The van der Waals surface area contributed by atoms with Crippen molar-refractivity contribution >= 4 is 51.9 Å². The van der Waals surface area contributed by atoms with Crippen LogP contribution >= 0.6 is 24.0 Å². The van der Waals surface area contributed by atoms with E-state index in [9.17, 15) is 9.59 Å². The number of hydrogen-bond donors (Lipinski definition) is 1. The molecule has 144 valence electrons. The van der Waals surface area contributed by atoms with Crippen LogP contribution in [0.3, 0.4) is 0 Å². The van der Waals surface area contributed by atoms with E-state index in [0.29, 0.717) is 27.3 Å². The normalized spacial score (nSPS) is 15.2. The number of thiocarbonyl (C=S) groups is 1. The topological polar surface area (TPSA) is 76.1 Å². The lowest BCUT2D eigenvalue weighted by molar-refractivity contribution is -0.139. The van der Waals surface area contributed by atoms with Crippen molar-refractivity contribution < 1.29 is 24.2 Å². The van der Waals surface area contributed by atoms with Gasteiger partial charge < -0.3 is 14.6 Å². The molecule has 0 spiro atoms. The van der Waals surface area contributed by atoms with Gasteiger partial charge in [0.1, 0.15) is 0 Å². The summed E-state index contributed by atoms with van der Waals surface area (Å²) in [5.74, 6) is -0.518. The SMILES string of the molecule is CCOc1cc(/C=C2\SC(=S)N(c3ccccc3)C2=O)ccc1OCC(=O)O. The summed E-state index contributed by atoms with van der Waals surface area (Å²) < 4.78 is 11.2. The Balaban J connectivity index is 1.86. The first kappa shape index (κ1) is 19.9. The predicted octanol–water partition coefficient (Wildman–Crippen LogP) is 3.95. The molecule has 1 fully saturated rings. The van der Waals surface area contributed by atoms with E-state index in [2.05, 4.69) is 0 Å². The molecule has 6 nitrogen and oxygen atoms in total. The molecule has 0 unspecified atom stereocenters. The molecule has 1 aliphatic heterocycles. The van der Waals surface area contributed by atoms with E-state index in [1.54, 1.807) is 24.3 Å². The van der Waals surface area contributed by atoms with E-state index in [1.165, 1.54) is 16.7 Å². The Morgan fingerprint density at radius 2 is 1.93 bits per heavy atom. The van der Waals surface area contributed by atoms with Crippen molar-refractivity contribution in [1.82, 2.24) is 0 Å². The summed E-state index contributed by atoms with van der Waals surface area (Å²) in [5.41, 5.74) is 1.44. The number of aliphatic carboxylic acids is 1. The first-order chi connectivity index (χ1) is 13.5. The fraction of sp³-hybridized carbons (Fsp3) is 0.150. The van der Waals surface area contributed by atoms with Crippen LogP contribution in [0.4, 0.5) is 5.69 Å². The first-order valence-corrected chi connectivity index (χ1v) is 9.66. The Hall–Kier alpha value is -2.84. The van der Waals surface area contributed by atoms with Crippen LogP contribution in [-0.2, 0) is 9.59 Å². The average Bonchev–Trinajstić information content (AvgIpc) is 2.95. The number of thioether (sulfide) groups is 1. The Morgan fingerprint density at radius 3 is 2.61 bits per heavy atom. The van der Waals surface area contributed by atoms with Gasteiger partial charge in [0, 0.05) is 0 Å². The van der Waals surface area contributed by atoms with E-state index >= 15 is 0 Å². The fourth-order valence-electron chi connectivity index (χ4n) is 2.56. The Bertz CT molecular complexity index is 943. The van der Waals surface area contributed by atoms with E-state index in [1.807, 2.05) is 37.3 Å². The minimum absolute atomic E-state index is 0.189. The van der Waals surface area contributed by atoms with Gasteiger partial charge in [-0.1, -0.05) is 48.2 Å². The second-order valence-corrected chi connectivity index (χ2v) is 7.35. The molecule has 0 bridgehead atoms. The van der Waals surface area contributed by atoms with E-state index in [-0.39, 0.29) is 5.91 Å². The maximum absolute atomic E-state index is 12.8. The molecular formula is C20H17NO5S2. The van der Waals surface area contributed by atoms with Gasteiger partial charge in [-0.2, -0.15) is 0 Å². The second kappa shape index (κ2) is 8.90. The molecule has 1 aliphatic rings. The minimum atomic E-state index is -1.07. The van der Waals surface area contributed by atoms with Crippen molar-refractivity contribution in [3.63, 3.8) is 0 Å². The Kier molecular flexibility index (Phi) is 6.33. The van der Waals surface area contributed by atoms with E-state index in [0.717, 1.165) is 11.3 Å². The summed E-state index contributed by atoms with van der Waals surface area (Å²) in [6.07, 6.45) is 1.73. The Labute approximate surface area is 171 Å². The van der Waals surface area contributed by atoms with Crippen LogP contribution in [0.25, 0.3) is 6.08 Å². The largest absolute Gasteiger partial charge is 0.490 e. The molecule has 1 N–H and O–H groups in total. The third-order valence-corrected chi connectivity index (χ3v) is 5.03. The maximum Gasteiger partial charge on any atom is 0.341 e. The third-order valence-electron chi connectivity index (χ3n) is 3.72. The van der Waals surface area contributed by atoms with E-state index in [4.69, 9.17) is 26.8 Å². The monoisotopic (exact) mass is 415 g/mol. The van der Waals surface area contributed by atoms with Gasteiger partial charge in [-0.25, -0.2) is 4.79 Å². The summed E-state index contributed by atoms with van der Waals surface area (Å²) >= 11 is 6.60. The first-order valence-electron chi connectivity index (χ1n) is 8.44. The lowest BCUT2D eigenvalue weighted by Gasteiger charge is -2.14. The van der Waals surface area contributed by atoms with Gasteiger partial charge in [0.15, 0.2) is 22.4 Å². The number of ether oxygens (including phenoxy) is 2. The van der Waals surface area contributed by atoms with Crippen molar-refractivity contribution in [2.24, 2.45) is 0 Å². The number of carboxylic acid groups (broad SMARTS) is 1. The number of anilines is 1. The van der Waals surface area contributed by atoms with Crippen LogP contribution in [0.2, 0.25) is 0 Å². The quantitative estimate of drug-likeness (QED) is 0.542. The molecule has 0 aliphatic carbocycles. The molecule has 3 rings (SSSR count). The van der Waals surface area contributed by atoms with Crippen LogP contribution in [0.5, 0.6) is 11.5 Å². The highest BCUT2D eigenvalue weighted by atomic mass is 32.2. The van der Waals surface area contributed by atoms with Crippen molar-refractivity contribution in [2.75, 3.05) is 18.1 Å². The smallest absolute Gasteiger partial charge is 0.341 e. The van der Waals surface area contributed by atoms with Gasteiger partial charge in [0.25, 0.3) is 5.91 Å². The number of carbonyl (C=O) groups excluding carboxylic acids is 1. The fourth-order valence-corrected chi connectivity index (χ4v) is 3.86. The van der Waals surface area contributed by atoms with Crippen LogP contribution in [0.15, 0.2) is 53.4 Å². The molecule has 0 atom stereocenters. The summed E-state index contributed by atoms with van der Waals surface area (Å²) in [4.78, 5) is 25.5. The van der Waals surface area contributed by atoms with Gasteiger partial charge in [-0.3, -0.25) is 9.69 Å². The zero-order valence-corrected chi connectivity index (χ0v) is 16.6. The summed E-state index contributed by atoms with van der Waals surface area (Å²) in [5, 5.41) is 8.78. The highest BCUT2D eigenvalue weighted by Gasteiger charge is 2.33. The van der Waals surface area contributed by atoms with E-state index < -0.39 is 12.6 Å². The van der Waals surface area contributed by atoms with Gasteiger partial charge in [0.2, 0.25) is 0 Å². The molecule has 2 aromatic rings. The number of nitrogens with zero attached hydrogens (tertiary/aromatic N) is 1. The number of carbonyl (C=O) groups is 2. The zero-order chi connectivity index (χ0) is 20.1. The molecule has 0 saturated carbocycles. The molecule has 1 heterocycles. The number of carboxylic acids is 1. The maximum atomic E-state index is 12.8. The molecule has 28 heavy (non-hydrogen) atoms. The van der Waals surface area contributed by atoms with Gasteiger partial charge in [-0.05, 0) is 42.8 Å². The highest BCUT2D eigenvalue weighted by Crippen LogP contribution is 2.37. The molecule has 2 aromatic carbocycles.